The van der Waals surface area contributed by atoms with Crippen LogP contribution >= 0.6 is 0 Å². The van der Waals surface area contributed by atoms with Crippen molar-refractivity contribution in [2.75, 3.05) is 43.4 Å². The number of fused-ring (bicyclic) bond motifs is 2. The summed E-state index contributed by atoms with van der Waals surface area (Å²) in [5, 5.41) is 22.4. The molecule has 5 rings (SSSR count). The molecule has 8 N–H and O–H groups in total. The van der Waals surface area contributed by atoms with Gasteiger partial charge in [0.05, 0.1) is 28.3 Å². The molecule has 3 heterocycles. The van der Waals surface area contributed by atoms with E-state index in [1.807, 2.05) is 18.2 Å². The third-order valence-electron chi connectivity index (χ3n) is 6.58. The van der Waals surface area contributed by atoms with Crippen molar-refractivity contribution in [1.82, 2.24) is 14.9 Å². The molecule has 0 amide bonds. The van der Waals surface area contributed by atoms with Gasteiger partial charge in [-0.05, 0) is 37.4 Å². The summed E-state index contributed by atoms with van der Waals surface area (Å²) in [6.45, 7) is 3.83. The summed E-state index contributed by atoms with van der Waals surface area (Å²) >= 11 is 0. The number of carbonyl (C=O) groups is 1. The van der Waals surface area contributed by atoms with Gasteiger partial charge < -0.3 is 41.5 Å². The van der Waals surface area contributed by atoms with Crippen LogP contribution in [0.25, 0.3) is 22.3 Å². The van der Waals surface area contributed by atoms with Crippen LogP contribution in [0.1, 0.15) is 17.8 Å². The van der Waals surface area contributed by atoms with Gasteiger partial charge in [-0.15, -0.1) is 0 Å². The van der Waals surface area contributed by atoms with Crippen molar-refractivity contribution in [3.8, 4) is 0 Å². The van der Waals surface area contributed by atoms with Crippen molar-refractivity contribution >= 4 is 39.6 Å². The Balaban J connectivity index is 0.00000289. The van der Waals surface area contributed by atoms with Crippen molar-refractivity contribution in [3.05, 3.63) is 53.6 Å². The number of nitrogens with two attached hydrogens (primary N) is 1. The van der Waals surface area contributed by atoms with Gasteiger partial charge in [-0.25, -0.2) is 14.2 Å². The molecular formula is C24H29FN6O4. The first-order valence-electron chi connectivity index (χ1n) is 11.2. The van der Waals surface area contributed by atoms with Crippen molar-refractivity contribution in [2.24, 2.45) is 5.73 Å². The number of rotatable bonds is 5. The molecule has 1 saturated heterocycles. The van der Waals surface area contributed by atoms with Crippen LogP contribution < -0.4 is 16.0 Å². The lowest BCUT2D eigenvalue weighted by atomic mass is 9.90. The Hall–Kier alpha value is -3.67. The maximum Gasteiger partial charge on any atom is 0.332 e. The third kappa shape index (κ3) is 4.53. The Bertz CT molecular complexity index is 1280. The van der Waals surface area contributed by atoms with E-state index in [9.17, 15) is 19.4 Å². The fourth-order valence-electron chi connectivity index (χ4n) is 4.68. The third-order valence-corrected chi connectivity index (χ3v) is 6.58. The highest BCUT2D eigenvalue weighted by Crippen LogP contribution is 2.38. The second kappa shape index (κ2) is 9.53. The molecule has 35 heavy (non-hydrogen) atoms. The van der Waals surface area contributed by atoms with E-state index in [4.69, 9.17) is 5.73 Å². The molecule has 10 nitrogen and oxygen atoms in total. The van der Waals surface area contributed by atoms with E-state index in [0.29, 0.717) is 22.6 Å². The second-order valence-electron chi connectivity index (χ2n) is 8.85. The molecular weight excluding hydrogens is 455 g/mol. The Morgan fingerprint density at radius 2 is 2.00 bits per heavy atom. The fraction of sp³-hybridized carbons (Fsp3) is 0.333. The zero-order valence-electron chi connectivity index (χ0n) is 19.3. The number of hydrogen-bond acceptors (Lipinski definition) is 7. The molecule has 186 valence electrons. The minimum Gasteiger partial charge on any atom is -0.479 e. The number of aliphatic hydroxyl groups excluding tert-OH is 1. The predicted molar refractivity (Wildman–Crippen MR) is 132 cm³/mol. The summed E-state index contributed by atoms with van der Waals surface area (Å²) in [5.41, 5.74) is 10.3. The van der Waals surface area contributed by atoms with E-state index in [2.05, 4.69) is 32.1 Å². The Morgan fingerprint density at radius 3 is 2.71 bits per heavy atom. The lowest BCUT2D eigenvalue weighted by molar-refractivity contribution is -0.146. The summed E-state index contributed by atoms with van der Waals surface area (Å²) in [6.07, 6.45) is -1.78. The summed E-state index contributed by atoms with van der Waals surface area (Å²) < 4.78 is 14.7. The predicted octanol–water partition coefficient (Wildman–Crippen LogP) is 1.09. The number of carboxylic acid groups (broad SMARTS) is 1. The lowest BCUT2D eigenvalue weighted by Crippen LogP contribution is -2.44. The molecule has 2 aliphatic heterocycles. The molecule has 3 aromatic rings. The molecule has 0 radical (unpaired) electrons. The summed E-state index contributed by atoms with van der Waals surface area (Å²) in [4.78, 5) is 23.9. The fourth-order valence-corrected chi connectivity index (χ4v) is 4.68. The van der Waals surface area contributed by atoms with Gasteiger partial charge in [0.15, 0.2) is 6.10 Å². The highest BCUT2D eigenvalue weighted by atomic mass is 19.1. The van der Waals surface area contributed by atoms with Crippen LogP contribution in [0.3, 0.4) is 0 Å². The van der Waals surface area contributed by atoms with Crippen molar-refractivity contribution in [2.45, 2.75) is 18.6 Å². The molecule has 1 fully saturated rings. The largest absolute Gasteiger partial charge is 0.479 e. The first-order chi connectivity index (χ1) is 16.3. The molecule has 0 bridgehead atoms. The topological polar surface area (TPSA) is 162 Å². The number of aliphatic hydroxyl groups is 1. The maximum atomic E-state index is 14.7. The number of H-pyrrole nitrogens is 1. The Morgan fingerprint density at radius 1 is 1.26 bits per heavy atom. The molecule has 2 aromatic carbocycles. The smallest absolute Gasteiger partial charge is 0.332 e. The monoisotopic (exact) mass is 484 g/mol. The van der Waals surface area contributed by atoms with Gasteiger partial charge in [-0.1, -0.05) is 6.07 Å². The standard InChI is InChI=1S/C24H27FN6O3.H2O/c1-30-7-9-31(10-8-30)13-5-6-15-17(11-13)29-23(28-15)21-18(12-19(32)24(33)34)27-16-4-2-3-14(25)20(16)22(21)26;/h2-6,11,18-19,27,32H,7-10,12,26H2,1H3,(H,28,29)(H,33,34);1H2. The number of likely N-dealkylation sites (N-methyl/N-ethyl adjacent to an activating group) is 1. The van der Waals surface area contributed by atoms with Crippen LogP contribution in [0.5, 0.6) is 0 Å². The van der Waals surface area contributed by atoms with Crippen LogP contribution in [-0.2, 0) is 4.79 Å². The lowest BCUT2D eigenvalue weighted by Gasteiger charge is -2.34. The first-order valence-corrected chi connectivity index (χ1v) is 11.2. The highest BCUT2D eigenvalue weighted by Gasteiger charge is 2.33. The molecule has 2 aliphatic rings. The maximum absolute atomic E-state index is 14.7. The minimum absolute atomic E-state index is 0. The van der Waals surface area contributed by atoms with Gasteiger partial charge in [0, 0.05) is 49.5 Å². The zero-order valence-corrected chi connectivity index (χ0v) is 19.3. The van der Waals surface area contributed by atoms with Gasteiger partial charge in [0.2, 0.25) is 0 Å². The molecule has 0 aliphatic carbocycles. The van der Waals surface area contributed by atoms with Crippen LogP contribution in [0.15, 0.2) is 36.4 Å². The number of halogens is 1. The SMILES string of the molecule is CN1CCN(c2ccc3nc(C4=C(N)c5c(F)cccc5NC4CC(O)C(=O)O)[nH]c3c2)CC1.O. The van der Waals surface area contributed by atoms with Crippen LogP contribution in [0.2, 0.25) is 0 Å². The van der Waals surface area contributed by atoms with E-state index < -0.39 is 23.9 Å². The Labute approximate surface area is 201 Å². The zero-order chi connectivity index (χ0) is 24.0. The van der Waals surface area contributed by atoms with Crippen LogP contribution in [-0.4, -0.2) is 81.9 Å². The van der Waals surface area contributed by atoms with Crippen LogP contribution in [0, 0.1) is 5.82 Å². The number of aliphatic carboxylic acids is 1. The first kappa shape index (κ1) is 24.5. The number of aromatic amines is 1. The van der Waals surface area contributed by atoms with Gasteiger partial charge in [-0.2, -0.15) is 0 Å². The minimum atomic E-state index is -1.62. The van der Waals surface area contributed by atoms with E-state index in [0.717, 1.165) is 37.4 Å². The van der Waals surface area contributed by atoms with E-state index in [1.165, 1.54) is 6.07 Å². The number of nitrogens with one attached hydrogen (secondary N) is 2. The Kier molecular flexibility index (Phi) is 6.66. The number of benzene rings is 2. The molecule has 2 unspecified atom stereocenters. The summed E-state index contributed by atoms with van der Waals surface area (Å²) in [7, 11) is 2.11. The van der Waals surface area contributed by atoms with Gasteiger partial charge in [0.1, 0.15) is 11.6 Å². The number of anilines is 2. The summed E-state index contributed by atoms with van der Waals surface area (Å²) in [5.74, 6) is -1.43. The van der Waals surface area contributed by atoms with Crippen molar-refractivity contribution in [1.29, 1.82) is 0 Å². The van der Waals surface area contributed by atoms with Crippen molar-refractivity contribution in [3.63, 3.8) is 0 Å². The normalized spacial score (nSPS) is 19.2. The number of hydrogen-bond donors (Lipinski definition) is 5. The molecule has 2 atom stereocenters. The molecule has 11 heteroatoms. The number of carboxylic acids is 1. The number of nitrogens with zero attached hydrogens (tertiary/aromatic N) is 3. The van der Waals surface area contributed by atoms with E-state index in [1.54, 1.807) is 12.1 Å². The second-order valence-corrected chi connectivity index (χ2v) is 8.85. The number of piperazine rings is 1. The van der Waals surface area contributed by atoms with Gasteiger partial charge in [0.25, 0.3) is 0 Å². The summed E-state index contributed by atoms with van der Waals surface area (Å²) in [6, 6.07) is 9.83. The van der Waals surface area contributed by atoms with E-state index >= 15 is 0 Å². The van der Waals surface area contributed by atoms with E-state index in [-0.39, 0.29) is 23.2 Å². The quantitative estimate of drug-likeness (QED) is 0.359. The molecule has 1 aromatic heterocycles. The molecule has 0 spiro atoms. The average Bonchev–Trinajstić information content (AvgIpc) is 3.22. The van der Waals surface area contributed by atoms with Gasteiger partial charge >= 0.3 is 5.97 Å². The molecule has 0 saturated carbocycles. The number of aromatic nitrogens is 2. The van der Waals surface area contributed by atoms with Gasteiger partial charge in [-0.3, -0.25) is 0 Å². The average molecular weight is 485 g/mol. The highest BCUT2D eigenvalue weighted by molar-refractivity contribution is 5.99. The van der Waals surface area contributed by atoms with Crippen LogP contribution in [0.4, 0.5) is 15.8 Å². The van der Waals surface area contributed by atoms with Crippen molar-refractivity contribution < 1.29 is 24.9 Å². The number of imidazole rings is 1.